The molecule has 2 aromatic rings. The van der Waals surface area contributed by atoms with Crippen molar-refractivity contribution in [2.24, 2.45) is 0 Å². The summed E-state index contributed by atoms with van der Waals surface area (Å²) in [4.78, 5) is 0. The molecule has 0 aliphatic carbocycles. The number of para-hydroxylation sites is 1. The highest BCUT2D eigenvalue weighted by atomic mass is 35.5. The van der Waals surface area contributed by atoms with Crippen LogP contribution in [0.5, 0.6) is 5.75 Å². The molecule has 0 radical (unpaired) electrons. The Bertz CT molecular complexity index is 511. The van der Waals surface area contributed by atoms with Gasteiger partial charge in [0.15, 0.2) is 0 Å². The molecular formula is C13H12ClNO. The monoisotopic (exact) mass is 233 g/mol. The number of hydrogen-bond donors (Lipinski definition) is 1. The van der Waals surface area contributed by atoms with Gasteiger partial charge in [-0.3, -0.25) is 0 Å². The minimum Gasteiger partial charge on any atom is -0.495 e. The molecule has 2 N–H and O–H groups in total. The molecule has 0 saturated heterocycles. The third kappa shape index (κ3) is 1.97. The van der Waals surface area contributed by atoms with E-state index in [1.54, 1.807) is 7.11 Å². The van der Waals surface area contributed by atoms with Crippen LogP contribution in [0.4, 0.5) is 5.69 Å². The number of halogens is 1. The summed E-state index contributed by atoms with van der Waals surface area (Å²) >= 11 is 6.07. The third-order valence-electron chi connectivity index (χ3n) is 2.42. The summed E-state index contributed by atoms with van der Waals surface area (Å²) in [5.41, 5.74) is 8.61. The van der Waals surface area contributed by atoms with Gasteiger partial charge in [-0.1, -0.05) is 35.9 Å². The summed E-state index contributed by atoms with van der Waals surface area (Å²) in [6.07, 6.45) is 0. The van der Waals surface area contributed by atoms with E-state index < -0.39 is 0 Å². The minimum atomic E-state index is 0.586. The SMILES string of the molecule is COc1ccc(-c2ccccc2N)cc1Cl. The Hall–Kier alpha value is -1.67. The molecule has 0 atom stereocenters. The second-order valence-corrected chi connectivity index (χ2v) is 3.84. The molecule has 0 spiro atoms. The van der Waals surface area contributed by atoms with Gasteiger partial charge in [0.25, 0.3) is 0 Å². The molecule has 0 aliphatic rings. The van der Waals surface area contributed by atoms with Gasteiger partial charge in [0.05, 0.1) is 12.1 Å². The fraction of sp³-hybridized carbons (Fsp3) is 0.0769. The Kier molecular flexibility index (Phi) is 3.02. The molecule has 0 aliphatic heterocycles. The lowest BCUT2D eigenvalue weighted by Gasteiger charge is -2.08. The van der Waals surface area contributed by atoms with Gasteiger partial charge in [-0.25, -0.2) is 0 Å². The molecule has 0 saturated carbocycles. The number of methoxy groups -OCH3 is 1. The predicted molar refractivity (Wildman–Crippen MR) is 67.9 cm³/mol. The van der Waals surface area contributed by atoms with E-state index in [2.05, 4.69) is 0 Å². The first-order valence-electron chi connectivity index (χ1n) is 4.91. The zero-order chi connectivity index (χ0) is 11.5. The van der Waals surface area contributed by atoms with E-state index in [9.17, 15) is 0 Å². The van der Waals surface area contributed by atoms with Crippen molar-refractivity contribution >= 4 is 17.3 Å². The van der Waals surface area contributed by atoms with Crippen LogP contribution in [0.25, 0.3) is 11.1 Å². The molecule has 16 heavy (non-hydrogen) atoms. The largest absolute Gasteiger partial charge is 0.495 e. The molecule has 2 nitrogen and oxygen atoms in total. The van der Waals surface area contributed by atoms with Crippen LogP contribution < -0.4 is 10.5 Å². The number of nitrogen functional groups attached to an aromatic ring is 1. The highest BCUT2D eigenvalue weighted by Gasteiger charge is 2.05. The lowest BCUT2D eigenvalue weighted by Crippen LogP contribution is -1.90. The average molecular weight is 234 g/mol. The molecule has 0 amide bonds. The number of nitrogens with two attached hydrogens (primary N) is 1. The van der Waals surface area contributed by atoms with Crippen LogP contribution in [0.2, 0.25) is 5.02 Å². The van der Waals surface area contributed by atoms with Gasteiger partial charge in [-0.05, 0) is 23.8 Å². The number of benzene rings is 2. The number of ether oxygens (including phenoxy) is 1. The van der Waals surface area contributed by atoms with Crippen molar-refractivity contribution in [3.63, 3.8) is 0 Å². The maximum Gasteiger partial charge on any atom is 0.137 e. The van der Waals surface area contributed by atoms with Crippen LogP contribution in [-0.2, 0) is 0 Å². The van der Waals surface area contributed by atoms with Crippen molar-refractivity contribution < 1.29 is 4.74 Å². The summed E-state index contributed by atoms with van der Waals surface area (Å²) in [6.45, 7) is 0. The number of hydrogen-bond acceptors (Lipinski definition) is 2. The fourth-order valence-corrected chi connectivity index (χ4v) is 1.85. The normalized spacial score (nSPS) is 10.1. The summed E-state index contributed by atoms with van der Waals surface area (Å²) in [5.74, 6) is 0.667. The Labute approximate surface area is 99.6 Å². The first-order chi connectivity index (χ1) is 7.72. The number of anilines is 1. The molecule has 3 heteroatoms. The minimum absolute atomic E-state index is 0.586. The van der Waals surface area contributed by atoms with Crippen molar-refractivity contribution in [1.82, 2.24) is 0 Å². The van der Waals surface area contributed by atoms with Crippen LogP contribution in [0.1, 0.15) is 0 Å². The Morgan fingerprint density at radius 3 is 2.50 bits per heavy atom. The lowest BCUT2D eigenvalue weighted by atomic mass is 10.0. The number of rotatable bonds is 2. The van der Waals surface area contributed by atoms with Crippen molar-refractivity contribution in [2.45, 2.75) is 0 Å². The van der Waals surface area contributed by atoms with Gasteiger partial charge in [-0.2, -0.15) is 0 Å². The fourth-order valence-electron chi connectivity index (χ4n) is 1.59. The molecule has 0 heterocycles. The van der Waals surface area contributed by atoms with E-state index in [1.165, 1.54) is 0 Å². The highest BCUT2D eigenvalue weighted by Crippen LogP contribution is 2.32. The zero-order valence-corrected chi connectivity index (χ0v) is 9.66. The van der Waals surface area contributed by atoms with Gasteiger partial charge in [0.2, 0.25) is 0 Å². The standard InChI is InChI=1S/C13H12ClNO/c1-16-13-7-6-9(8-11(13)14)10-4-2-3-5-12(10)15/h2-8H,15H2,1H3. The van der Waals surface area contributed by atoms with Crippen molar-refractivity contribution in [2.75, 3.05) is 12.8 Å². The van der Waals surface area contributed by atoms with E-state index in [0.29, 0.717) is 10.8 Å². The maximum atomic E-state index is 6.07. The van der Waals surface area contributed by atoms with Crippen molar-refractivity contribution in [3.8, 4) is 16.9 Å². The maximum absolute atomic E-state index is 6.07. The molecule has 82 valence electrons. The first kappa shape index (κ1) is 10.8. The van der Waals surface area contributed by atoms with Gasteiger partial charge < -0.3 is 10.5 Å². The van der Waals surface area contributed by atoms with Gasteiger partial charge in [-0.15, -0.1) is 0 Å². The first-order valence-corrected chi connectivity index (χ1v) is 5.28. The second-order valence-electron chi connectivity index (χ2n) is 3.44. The smallest absolute Gasteiger partial charge is 0.137 e. The second kappa shape index (κ2) is 4.45. The lowest BCUT2D eigenvalue weighted by molar-refractivity contribution is 0.415. The summed E-state index contributed by atoms with van der Waals surface area (Å²) < 4.78 is 5.10. The van der Waals surface area contributed by atoms with Gasteiger partial charge in [0, 0.05) is 11.3 Å². The summed E-state index contributed by atoms with van der Waals surface area (Å²) in [5, 5.41) is 0.586. The van der Waals surface area contributed by atoms with Crippen molar-refractivity contribution in [1.29, 1.82) is 0 Å². The predicted octanol–water partition coefficient (Wildman–Crippen LogP) is 3.60. The zero-order valence-electron chi connectivity index (χ0n) is 8.91. The van der Waals surface area contributed by atoms with Gasteiger partial charge in [0.1, 0.15) is 5.75 Å². The van der Waals surface area contributed by atoms with E-state index in [0.717, 1.165) is 16.8 Å². The van der Waals surface area contributed by atoms with Crippen molar-refractivity contribution in [3.05, 3.63) is 47.5 Å². The van der Waals surface area contributed by atoms with E-state index in [1.807, 2.05) is 42.5 Å². The van der Waals surface area contributed by atoms with Crippen LogP contribution in [-0.4, -0.2) is 7.11 Å². The molecule has 0 fully saturated rings. The van der Waals surface area contributed by atoms with Crippen LogP contribution in [0, 0.1) is 0 Å². The Morgan fingerprint density at radius 1 is 1.12 bits per heavy atom. The van der Waals surface area contributed by atoms with Crippen LogP contribution in [0.15, 0.2) is 42.5 Å². The van der Waals surface area contributed by atoms with Crippen LogP contribution in [0.3, 0.4) is 0 Å². The molecule has 2 rings (SSSR count). The summed E-state index contributed by atoms with van der Waals surface area (Å²) in [6, 6.07) is 13.3. The molecular weight excluding hydrogens is 222 g/mol. The Morgan fingerprint density at radius 2 is 1.88 bits per heavy atom. The molecule has 0 unspecified atom stereocenters. The van der Waals surface area contributed by atoms with E-state index >= 15 is 0 Å². The molecule has 0 bridgehead atoms. The third-order valence-corrected chi connectivity index (χ3v) is 2.72. The highest BCUT2D eigenvalue weighted by molar-refractivity contribution is 6.32. The Balaban J connectivity index is 2.50. The van der Waals surface area contributed by atoms with Crippen LogP contribution >= 0.6 is 11.6 Å². The summed E-state index contributed by atoms with van der Waals surface area (Å²) in [7, 11) is 1.60. The van der Waals surface area contributed by atoms with E-state index in [-0.39, 0.29) is 0 Å². The quantitative estimate of drug-likeness (QED) is 0.805. The molecule has 2 aromatic carbocycles. The topological polar surface area (TPSA) is 35.2 Å². The molecule has 0 aromatic heterocycles. The van der Waals surface area contributed by atoms with Gasteiger partial charge >= 0.3 is 0 Å². The van der Waals surface area contributed by atoms with E-state index in [4.69, 9.17) is 22.1 Å². The average Bonchev–Trinajstić information content (AvgIpc) is 2.29.